The van der Waals surface area contributed by atoms with Gasteiger partial charge < -0.3 is 15.2 Å². The summed E-state index contributed by atoms with van der Waals surface area (Å²) in [6.45, 7) is 0. The molecule has 0 aromatic carbocycles. The molecule has 7 heteroatoms. The Kier molecular flexibility index (Phi) is 3.14. The van der Waals surface area contributed by atoms with Crippen molar-refractivity contribution in [2.75, 3.05) is 0 Å². The predicted molar refractivity (Wildman–Crippen MR) is 41.0 cm³/mol. The Morgan fingerprint density at radius 3 is 2.43 bits per heavy atom. The van der Waals surface area contributed by atoms with Crippen LogP contribution in [-0.4, -0.2) is 27.6 Å². The number of aliphatic hydroxyl groups excluding tert-OH is 2. The van der Waals surface area contributed by atoms with Crippen LogP contribution in [0.15, 0.2) is 18.3 Å². The van der Waals surface area contributed by atoms with Crippen LogP contribution in [0.1, 0.15) is 11.9 Å². The molecule has 1 heterocycles. The Bertz CT molecular complexity index is 273. The van der Waals surface area contributed by atoms with E-state index in [1.165, 1.54) is 18.3 Å². The third-order valence-electron chi connectivity index (χ3n) is 1.54. The van der Waals surface area contributed by atoms with Gasteiger partial charge in [0.15, 0.2) is 0 Å². The van der Waals surface area contributed by atoms with E-state index in [2.05, 4.69) is 4.98 Å². The van der Waals surface area contributed by atoms with Gasteiger partial charge in [-0.15, -0.1) is 0 Å². The molecule has 2 unspecified atom stereocenters. The summed E-state index contributed by atoms with van der Waals surface area (Å²) in [5, 5.41) is 19.3. The fourth-order valence-electron chi connectivity index (χ4n) is 0.848. The molecule has 14 heavy (non-hydrogen) atoms. The normalized spacial score (nSPS) is 16.6. The van der Waals surface area contributed by atoms with Crippen molar-refractivity contribution in [3.05, 3.63) is 24.0 Å². The first-order valence-electron chi connectivity index (χ1n) is 3.73. The average Bonchev–Trinajstić information content (AvgIpc) is 2.53. The molecule has 0 aliphatic rings. The van der Waals surface area contributed by atoms with Crippen LogP contribution in [0.4, 0.5) is 13.2 Å². The van der Waals surface area contributed by atoms with Crippen molar-refractivity contribution >= 4 is 0 Å². The molecule has 1 aromatic rings. The molecule has 1 rings (SSSR count). The summed E-state index contributed by atoms with van der Waals surface area (Å²) in [5.41, 5.74) is 0.147. The summed E-state index contributed by atoms with van der Waals surface area (Å²) in [6, 6.07) is 2.90. The quantitative estimate of drug-likeness (QED) is 0.548. The van der Waals surface area contributed by atoms with Gasteiger partial charge in [-0.1, -0.05) is 0 Å². The maximum atomic E-state index is 11.8. The number of aromatic amines is 1. The first-order valence-corrected chi connectivity index (χ1v) is 3.73. The van der Waals surface area contributed by atoms with E-state index in [-0.39, 0.29) is 5.69 Å². The molecule has 4 nitrogen and oxygen atoms in total. The Hall–Kier alpha value is -1.05. The van der Waals surface area contributed by atoms with E-state index in [1.54, 1.807) is 5.32 Å². The molecular weight excluding hydrogens is 201 g/mol. The zero-order valence-electron chi connectivity index (χ0n) is 6.92. The predicted octanol–water partition coefficient (Wildman–Crippen LogP) is 0.476. The SMILES string of the molecule is OC(NC(O)C(F)(F)F)c1ccc[nH]1. The van der Waals surface area contributed by atoms with Crippen molar-refractivity contribution in [2.24, 2.45) is 0 Å². The lowest BCUT2D eigenvalue weighted by molar-refractivity contribution is -0.222. The number of nitrogens with one attached hydrogen (secondary N) is 2. The van der Waals surface area contributed by atoms with Gasteiger partial charge in [0.1, 0.15) is 6.23 Å². The van der Waals surface area contributed by atoms with Crippen LogP contribution >= 0.6 is 0 Å². The van der Waals surface area contributed by atoms with Crippen LogP contribution in [0.2, 0.25) is 0 Å². The summed E-state index contributed by atoms with van der Waals surface area (Å²) in [7, 11) is 0. The maximum Gasteiger partial charge on any atom is 0.428 e. The minimum absolute atomic E-state index is 0.147. The third kappa shape index (κ3) is 2.72. The van der Waals surface area contributed by atoms with Crippen molar-refractivity contribution in [3.8, 4) is 0 Å². The van der Waals surface area contributed by atoms with Crippen LogP contribution in [-0.2, 0) is 0 Å². The second kappa shape index (κ2) is 3.99. The molecule has 1 aromatic heterocycles. The van der Waals surface area contributed by atoms with Crippen molar-refractivity contribution in [1.82, 2.24) is 10.3 Å². The van der Waals surface area contributed by atoms with E-state index >= 15 is 0 Å². The number of halogens is 3. The topological polar surface area (TPSA) is 68.3 Å². The van der Waals surface area contributed by atoms with E-state index < -0.39 is 18.6 Å². The second-order valence-electron chi connectivity index (χ2n) is 2.64. The Morgan fingerprint density at radius 2 is 2.00 bits per heavy atom. The minimum Gasteiger partial charge on any atom is -0.373 e. The first kappa shape index (κ1) is 11.0. The largest absolute Gasteiger partial charge is 0.428 e. The van der Waals surface area contributed by atoms with Crippen LogP contribution in [0.25, 0.3) is 0 Å². The lowest BCUT2D eigenvalue weighted by Crippen LogP contribution is -2.43. The highest BCUT2D eigenvalue weighted by molar-refractivity contribution is 5.06. The molecule has 0 radical (unpaired) electrons. The molecule has 2 atom stereocenters. The number of hydrogen-bond acceptors (Lipinski definition) is 3. The number of alkyl halides is 3. The summed E-state index contributed by atoms with van der Waals surface area (Å²) < 4.78 is 35.5. The van der Waals surface area contributed by atoms with E-state index in [0.717, 1.165) is 0 Å². The molecule has 0 fully saturated rings. The van der Waals surface area contributed by atoms with Gasteiger partial charge >= 0.3 is 6.18 Å². The van der Waals surface area contributed by atoms with Crippen molar-refractivity contribution in [1.29, 1.82) is 0 Å². The molecule has 4 N–H and O–H groups in total. The number of H-pyrrole nitrogens is 1. The van der Waals surface area contributed by atoms with Gasteiger partial charge in [0.25, 0.3) is 0 Å². The first-order chi connectivity index (χ1) is 6.41. The number of rotatable bonds is 3. The van der Waals surface area contributed by atoms with E-state index in [9.17, 15) is 13.2 Å². The number of aliphatic hydroxyl groups is 2. The van der Waals surface area contributed by atoms with Crippen LogP contribution in [0.5, 0.6) is 0 Å². The van der Waals surface area contributed by atoms with Gasteiger partial charge in [-0.2, -0.15) is 13.2 Å². The molecule has 0 saturated heterocycles. The zero-order valence-corrected chi connectivity index (χ0v) is 6.92. The van der Waals surface area contributed by atoms with Crippen LogP contribution < -0.4 is 5.32 Å². The molecule has 0 amide bonds. The molecule has 0 spiro atoms. The maximum absolute atomic E-state index is 11.8. The van der Waals surface area contributed by atoms with E-state index in [1.807, 2.05) is 0 Å². The van der Waals surface area contributed by atoms with Crippen LogP contribution in [0, 0.1) is 0 Å². The molecular formula is C7H9F3N2O2. The van der Waals surface area contributed by atoms with Gasteiger partial charge in [0.2, 0.25) is 6.23 Å². The second-order valence-corrected chi connectivity index (χ2v) is 2.64. The van der Waals surface area contributed by atoms with Crippen molar-refractivity contribution < 1.29 is 23.4 Å². The zero-order chi connectivity index (χ0) is 10.8. The Balaban J connectivity index is 2.53. The summed E-state index contributed by atoms with van der Waals surface area (Å²) in [4.78, 5) is 2.50. The van der Waals surface area contributed by atoms with Gasteiger partial charge in [0, 0.05) is 6.20 Å². The van der Waals surface area contributed by atoms with Crippen molar-refractivity contribution in [2.45, 2.75) is 18.6 Å². The Labute approximate surface area is 77.4 Å². The smallest absolute Gasteiger partial charge is 0.373 e. The van der Waals surface area contributed by atoms with E-state index in [0.29, 0.717) is 0 Å². The minimum atomic E-state index is -4.80. The number of aromatic nitrogens is 1. The lowest BCUT2D eigenvalue weighted by Gasteiger charge is -2.19. The van der Waals surface area contributed by atoms with Gasteiger partial charge in [-0.25, -0.2) is 0 Å². The monoisotopic (exact) mass is 210 g/mol. The van der Waals surface area contributed by atoms with Gasteiger partial charge in [-0.05, 0) is 12.1 Å². The van der Waals surface area contributed by atoms with Crippen molar-refractivity contribution in [3.63, 3.8) is 0 Å². The van der Waals surface area contributed by atoms with E-state index in [4.69, 9.17) is 10.2 Å². The molecule has 80 valence electrons. The average molecular weight is 210 g/mol. The summed E-state index contributed by atoms with van der Waals surface area (Å²) in [6.07, 6.45) is -7.68. The fraction of sp³-hybridized carbons (Fsp3) is 0.429. The third-order valence-corrected chi connectivity index (χ3v) is 1.54. The summed E-state index contributed by atoms with van der Waals surface area (Å²) in [5.74, 6) is 0. The highest BCUT2D eigenvalue weighted by atomic mass is 19.4. The van der Waals surface area contributed by atoms with Crippen LogP contribution in [0.3, 0.4) is 0 Å². The highest BCUT2D eigenvalue weighted by Crippen LogP contribution is 2.20. The standard InChI is InChI=1S/C7H9F3N2O2/c8-7(9,10)6(14)12-5(13)4-2-1-3-11-4/h1-3,5-6,11-14H. The fourth-order valence-corrected chi connectivity index (χ4v) is 0.848. The summed E-state index contributed by atoms with van der Waals surface area (Å²) >= 11 is 0. The number of hydrogen-bond donors (Lipinski definition) is 4. The van der Waals surface area contributed by atoms with Gasteiger partial charge in [-0.3, -0.25) is 5.32 Å². The molecule has 0 bridgehead atoms. The lowest BCUT2D eigenvalue weighted by atomic mass is 10.3. The molecule has 0 saturated carbocycles. The Morgan fingerprint density at radius 1 is 1.36 bits per heavy atom. The highest BCUT2D eigenvalue weighted by Gasteiger charge is 2.39. The molecule has 0 aliphatic carbocycles. The molecule has 0 aliphatic heterocycles. The van der Waals surface area contributed by atoms with Gasteiger partial charge in [0.05, 0.1) is 5.69 Å².